The van der Waals surface area contributed by atoms with Crippen molar-refractivity contribution in [2.24, 2.45) is 0 Å². The summed E-state index contributed by atoms with van der Waals surface area (Å²) in [5.41, 5.74) is 0.626. The number of halogens is 1. The summed E-state index contributed by atoms with van der Waals surface area (Å²) >= 11 is 0. The Morgan fingerprint density at radius 3 is 2.56 bits per heavy atom. The Balaban J connectivity index is 2.18. The molecule has 1 saturated heterocycles. The second-order valence-corrected chi connectivity index (χ2v) is 4.23. The van der Waals surface area contributed by atoms with E-state index < -0.39 is 18.0 Å². The van der Waals surface area contributed by atoms with Crippen molar-refractivity contribution < 1.29 is 19.1 Å². The highest BCUT2D eigenvalue weighted by atomic mass is 19.1. The smallest absolute Gasteiger partial charge is 0.326 e. The van der Waals surface area contributed by atoms with Crippen molar-refractivity contribution >= 4 is 11.9 Å². The van der Waals surface area contributed by atoms with E-state index in [9.17, 15) is 19.1 Å². The molecule has 1 atom stereocenters. The number of aliphatic hydroxyl groups is 1. The first-order valence-electron chi connectivity index (χ1n) is 5.48. The first kappa shape index (κ1) is 12.5. The van der Waals surface area contributed by atoms with Crippen LogP contribution in [-0.4, -0.2) is 46.5 Å². The quantitative estimate of drug-likeness (QED) is 0.837. The molecule has 0 radical (unpaired) electrons. The zero-order valence-electron chi connectivity index (χ0n) is 9.84. The summed E-state index contributed by atoms with van der Waals surface area (Å²) in [6, 6.07) is 5.05. The minimum Gasteiger partial charge on any atom is -0.381 e. The van der Waals surface area contributed by atoms with Crippen LogP contribution in [-0.2, 0) is 11.3 Å². The number of β-amino-alcohol motifs (C(OH)–C–C–N with tert-alkyl or cyclic N) is 1. The summed E-state index contributed by atoms with van der Waals surface area (Å²) in [4.78, 5) is 25.7. The molecule has 0 bridgehead atoms. The first-order chi connectivity index (χ1) is 8.49. The van der Waals surface area contributed by atoms with Crippen LogP contribution in [0.5, 0.6) is 0 Å². The zero-order valence-corrected chi connectivity index (χ0v) is 9.84. The van der Waals surface area contributed by atoms with Gasteiger partial charge in [-0.1, -0.05) is 12.1 Å². The monoisotopic (exact) mass is 252 g/mol. The molecule has 2 rings (SSSR count). The number of carbonyl (C=O) groups excluding carboxylic acids is 2. The van der Waals surface area contributed by atoms with Gasteiger partial charge in [0.25, 0.3) is 5.91 Å². The molecule has 1 aromatic carbocycles. The molecule has 3 amide bonds. The number of nitrogens with zero attached hydrogens (tertiary/aromatic N) is 2. The zero-order chi connectivity index (χ0) is 13.3. The number of rotatable bonds is 2. The maximum absolute atomic E-state index is 12.7. The van der Waals surface area contributed by atoms with Crippen molar-refractivity contribution in [3.05, 3.63) is 35.6 Å². The van der Waals surface area contributed by atoms with Crippen LogP contribution in [0.25, 0.3) is 0 Å². The molecular formula is C12H13FN2O3. The van der Waals surface area contributed by atoms with Crippen molar-refractivity contribution in [3.8, 4) is 0 Å². The topological polar surface area (TPSA) is 60.9 Å². The second kappa shape index (κ2) is 4.73. The highest BCUT2D eigenvalue weighted by Crippen LogP contribution is 2.14. The van der Waals surface area contributed by atoms with Crippen LogP contribution < -0.4 is 0 Å². The molecule has 0 spiro atoms. The molecule has 18 heavy (non-hydrogen) atoms. The van der Waals surface area contributed by atoms with Crippen molar-refractivity contribution in [2.45, 2.75) is 12.6 Å². The Kier molecular flexibility index (Phi) is 3.29. The van der Waals surface area contributed by atoms with Crippen LogP contribution in [0, 0.1) is 5.82 Å². The van der Waals surface area contributed by atoms with Gasteiger partial charge in [0, 0.05) is 7.05 Å². The Morgan fingerprint density at radius 1 is 1.33 bits per heavy atom. The Labute approximate surface area is 103 Å². The molecule has 1 aliphatic heterocycles. The average Bonchev–Trinajstić information content (AvgIpc) is 2.34. The summed E-state index contributed by atoms with van der Waals surface area (Å²) in [5, 5.41) is 9.51. The lowest BCUT2D eigenvalue weighted by Crippen LogP contribution is -2.57. The fraction of sp³-hybridized carbons (Fsp3) is 0.333. The maximum Gasteiger partial charge on any atom is 0.326 e. The molecule has 1 N–H and O–H groups in total. The summed E-state index contributed by atoms with van der Waals surface area (Å²) in [6.07, 6.45) is -1.20. The highest BCUT2D eigenvalue weighted by molar-refractivity contribution is 5.99. The van der Waals surface area contributed by atoms with Crippen molar-refractivity contribution in [1.82, 2.24) is 9.80 Å². The van der Waals surface area contributed by atoms with Crippen LogP contribution in [0.1, 0.15) is 5.56 Å². The molecule has 1 aromatic rings. The van der Waals surface area contributed by atoms with Gasteiger partial charge in [0.05, 0.1) is 13.1 Å². The van der Waals surface area contributed by atoms with E-state index in [0.29, 0.717) is 5.56 Å². The van der Waals surface area contributed by atoms with Crippen LogP contribution in [0.2, 0.25) is 0 Å². The number of carbonyl (C=O) groups is 2. The van der Waals surface area contributed by atoms with Gasteiger partial charge in [-0.25, -0.2) is 9.18 Å². The van der Waals surface area contributed by atoms with Crippen LogP contribution in [0.15, 0.2) is 24.3 Å². The van der Waals surface area contributed by atoms with Gasteiger partial charge in [-0.15, -0.1) is 0 Å². The summed E-state index contributed by atoms with van der Waals surface area (Å²) in [7, 11) is 1.51. The standard InChI is InChI=1S/C12H13FN2O3/c1-14-7-10(16)11(17)15(12(14)18)6-8-2-4-9(13)5-3-8/h2-5,10,16H,6-7H2,1H3. The van der Waals surface area contributed by atoms with Gasteiger partial charge in [0.1, 0.15) is 5.82 Å². The normalized spacial score (nSPS) is 20.5. The molecule has 0 aromatic heterocycles. The lowest BCUT2D eigenvalue weighted by Gasteiger charge is -2.34. The van der Waals surface area contributed by atoms with Gasteiger partial charge in [-0.2, -0.15) is 0 Å². The molecule has 96 valence electrons. The largest absolute Gasteiger partial charge is 0.381 e. The molecule has 0 saturated carbocycles. The SMILES string of the molecule is CN1CC(O)C(=O)N(Cc2ccc(F)cc2)C1=O. The van der Waals surface area contributed by atoms with Gasteiger partial charge < -0.3 is 10.0 Å². The Hall–Kier alpha value is -1.95. The third-order valence-electron chi connectivity index (χ3n) is 2.81. The van der Waals surface area contributed by atoms with Crippen LogP contribution in [0.3, 0.4) is 0 Å². The van der Waals surface area contributed by atoms with Gasteiger partial charge in [0.15, 0.2) is 6.10 Å². The minimum absolute atomic E-state index is 0.00240. The van der Waals surface area contributed by atoms with Gasteiger partial charge >= 0.3 is 6.03 Å². The number of aliphatic hydroxyl groups excluding tert-OH is 1. The molecule has 1 aliphatic rings. The number of hydrogen-bond donors (Lipinski definition) is 1. The fourth-order valence-corrected chi connectivity index (χ4v) is 1.81. The van der Waals surface area contributed by atoms with Crippen LogP contribution in [0.4, 0.5) is 9.18 Å². The number of amides is 3. The van der Waals surface area contributed by atoms with Gasteiger partial charge in [-0.05, 0) is 17.7 Å². The van der Waals surface area contributed by atoms with E-state index in [1.807, 2.05) is 0 Å². The average molecular weight is 252 g/mol. The van der Waals surface area contributed by atoms with E-state index in [2.05, 4.69) is 0 Å². The molecule has 1 unspecified atom stereocenters. The second-order valence-electron chi connectivity index (χ2n) is 4.23. The molecule has 1 fully saturated rings. The lowest BCUT2D eigenvalue weighted by atomic mass is 10.1. The number of hydrogen-bond acceptors (Lipinski definition) is 3. The third kappa shape index (κ3) is 2.33. The lowest BCUT2D eigenvalue weighted by molar-refractivity contribution is -0.141. The van der Waals surface area contributed by atoms with Crippen molar-refractivity contribution in [1.29, 1.82) is 0 Å². The fourth-order valence-electron chi connectivity index (χ4n) is 1.81. The molecule has 5 nitrogen and oxygen atoms in total. The van der Waals surface area contributed by atoms with E-state index in [1.165, 1.54) is 36.2 Å². The van der Waals surface area contributed by atoms with E-state index in [1.54, 1.807) is 0 Å². The van der Waals surface area contributed by atoms with Crippen molar-refractivity contribution in [2.75, 3.05) is 13.6 Å². The van der Waals surface area contributed by atoms with E-state index in [0.717, 1.165) is 4.90 Å². The predicted octanol–water partition coefficient (Wildman–Crippen LogP) is 0.581. The highest BCUT2D eigenvalue weighted by Gasteiger charge is 2.36. The number of benzene rings is 1. The third-order valence-corrected chi connectivity index (χ3v) is 2.81. The van der Waals surface area contributed by atoms with Gasteiger partial charge in [-0.3, -0.25) is 9.69 Å². The van der Waals surface area contributed by atoms with Crippen LogP contribution >= 0.6 is 0 Å². The number of imide groups is 1. The maximum atomic E-state index is 12.7. The van der Waals surface area contributed by atoms with Gasteiger partial charge in [0.2, 0.25) is 0 Å². The molecule has 1 heterocycles. The summed E-state index contributed by atoms with van der Waals surface area (Å²) in [6.45, 7) is 0.0247. The van der Waals surface area contributed by atoms with E-state index >= 15 is 0 Å². The number of likely N-dealkylation sites (N-methyl/N-ethyl adjacent to an activating group) is 1. The van der Waals surface area contributed by atoms with E-state index in [4.69, 9.17) is 0 Å². The minimum atomic E-state index is -1.20. The Bertz CT molecular complexity index is 455. The molecule has 6 heteroatoms. The Morgan fingerprint density at radius 2 is 1.94 bits per heavy atom. The summed E-state index contributed by atoms with van der Waals surface area (Å²) in [5.74, 6) is -1.00. The van der Waals surface area contributed by atoms with Crippen molar-refractivity contribution in [3.63, 3.8) is 0 Å². The summed E-state index contributed by atoms with van der Waals surface area (Å²) < 4.78 is 12.7. The number of urea groups is 1. The molecule has 0 aliphatic carbocycles. The first-order valence-corrected chi connectivity index (χ1v) is 5.48. The predicted molar refractivity (Wildman–Crippen MR) is 61.0 cm³/mol. The molecular weight excluding hydrogens is 239 g/mol. The van der Waals surface area contributed by atoms with E-state index in [-0.39, 0.29) is 18.9 Å².